The van der Waals surface area contributed by atoms with E-state index in [0.29, 0.717) is 0 Å². The number of nitrogens with one attached hydrogen (secondary N) is 1. The Bertz CT molecular complexity index is 632. The summed E-state index contributed by atoms with van der Waals surface area (Å²) in [4.78, 5) is 12.2. The van der Waals surface area contributed by atoms with Crippen molar-refractivity contribution >= 4 is 12.1 Å². The first-order valence-electron chi connectivity index (χ1n) is 6.70. The average molecular weight is 264 g/mol. The maximum Gasteiger partial charge on any atom is 0.248 e. The van der Waals surface area contributed by atoms with Gasteiger partial charge < -0.3 is 0 Å². The summed E-state index contributed by atoms with van der Waals surface area (Å²) in [5.41, 5.74) is 5.89. The zero-order chi connectivity index (χ0) is 13.9. The maximum atomic E-state index is 12.2. The van der Waals surface area contributed by atoms with Gasteiger partial charge in [0.2, 0.25) is 5.91 Å². The number of carbonyl (C=O) groups excluding carboxylic acids is 1. The smallest absolute Gasteiger partial charge is 0.248 e. The molecule has 0 saturated carbocycles. The minimum Gasteiger partial charge on any atom is -0.272 e. The lowest BCUT2D eigenvalue weighted by atomic mass is 9.81. The van der Waals surface area contributed by atoms with Gasteiger partial charge >= 0.3 is 0 Å². The van der Waals surface area contributed by atoms with Crippen molar-refractivity contribution in [1.82, 2.24) is 5.43 Å². The summed E-state index contributed by atoms with van der Waals surface area (Å²) < 4.78 is 0. The fourth-order valence-corrected chi connectivity index (χ4v) is 2.59. The van der Waals surface area contributed by atoms with Gasteiger partial charge in [-0.15, -0.1) is 0 Å². The summed E-state index contributed by atoms with van der Waals surface area (Å²) in [6.07, 6.45) is 1.82. The van der Waals surface area contributed by atoms with E-state index >= 15 is 0 Å². The molecular weight excluding hydrogens is 248 g/mol. The van der Waals surface area contributed by atoms with Crippen molar-refractivity contribution in [2.75, 3.05) is 0 Å². The second kappa shape index (κ2) is 5.29. The molecule has 0 aromatic heterocycles. The second-order valence-electron chi connectivity index (χ2n) is 5.08. The number of hydrogen-bond donors (Lipinski definition) is 1. The third-order valence-corrected chi connectivity index (χ3v) is 3.67. The number of benzene rings is 2. The highest BCUT2D eigenvalue weighted by Crippen LogP contribution is 2.33. The normalized spacial score (nSPS) is 21.6. The van der Waals surface area contributed by atoms with Crippen LogP contribution in [0.25, 0.3) is 0 Å². The zero-order valence-corrected chi connectivity index (χ0v) is 11.3. The Labute approximate surface area is 118 Å². The van der Waals surface area contributed by atoms with Crippen LogP contribution in [-0.2, 0) is 4.79 Å². The third kappa shape index (κ3) is 2.35. The van der Waals surface area contributed by atoms with Gasteiger partial charge in [-0.2, -0.15) is 5.10 Å². The van der Waals surface area contributed by atoms with Gasteiger partial charge in [0.1, 0.15) is 0 Å². The van der Waals surface area contributed by atoms with Crippen LogP contribution in [0, 0.1) is 6.92 Å². The first-order chi connectivity index (χ1) is 9.75. The Balaban J connectivity index is 2.03. The highest BCUT2D eigenvalue weighted by Gasteiger charge is 2.32. The topological polar surface area (TPSA) is 41.5 Å². The van der Waals surface area contributed by atoms with Gasteiger partial charge in [-0.1, -0.05) is 60.2 Å². The number of rotatable bonds is 2. The Morgan fingerprint density at radius 3 is 2.35 bits per heavy atom. The van der Waals surface area contributed by atoms with E-state index in [1.165, 1.54) is 5.56 Å². The standard InChI is InChI=1S/C17H16N2O/c1-12-7-9-14(10-8-12)16-15(11-18-19-17(16)20)13-5-3-2-4-6-13/h2-11,15-16H,1H3,(H,19,20). The molecule has 3 rings (SSSR count). The van der Waals surface area contributed by atoms with E-state index in [0.717, 1.165) is 11.1 Å². The molecule has 1 heterocycles. The summed E-state index contributed by atoms with van der Waals surface area (Å²) in [5.74, 6) is -0.298. The predicted molar refractivity (Wildman–Crippen MR) is 79.7 cm³/mol. The average Bonchev–Trinajstić information content (AvgIpc) is 2.49. The van der Waals surface area contributed by atoms with E-state index < -0.39 is 0 Å². The van der Waals surface area contributed by atoms with Gasteiger partial charge in [-0.05, 0) is 18.1 Å². The summed E-state index contributed by atoms with van der Waals surface area (Å²) >= 11 is 0. The molecule has 0 spiro atoms. The molecule has 3 nitrogen and oxygen atoms in total. The Hall–Kier alpha value is -2.42. The van der Waals surface area contributed by atoms with Crippen LogP contribution in [0.3, 0.4) is 0 Å². The third-order valence-electron chi connectivity index (χ3n) is 3.67. The van der Waals surface area contributed by atoms with Crippen LogP contribution in [0.5, 0.6) is 0 Å². The van der Waals surface area contributed by atoms with E-state index in [-0.39, 0.29) is 17.7 Å². The molecule has 0 aliphatic carbocycles. The predicted octanol–water partition coefficient (Wildman–Crippen LogP) is 2.98. The molecule has 2 atom stereocenters. The van der Waals surface area contributed by atoms with Gasteiger partial charge in [0, 0.05) is 12.1 Å². The molecule has 2 unspecified atom stereocenters. The van der Waals surface area contributed by atoms with Crippen LogP contribution in [0.4, 0.5) is 0 Å². The Morgan fingerprint density at radius 2 is 1.65 bits per heavy atom. The number of aryl methyl sites for hydroxylation is 1. The molecule has 0 bridgehead atoms. The molecule has 2 aromatic rings. The van der Waals surface area contributed by atoms with Gasteiger partial charge in [0.05, 0.1) is 5.92 Å². The van der Waals surface area contributed by atoms with Crippen molar-refractivity contribution in [1.29, 1.82) is 0 Å². The Kier molecular flexibility index (Phi) is 3.33. The largest absolute Gasteiger partial charge is 0.272 e. The van der Waals surface area contributed by atoms with E-state index in [9.17, 15) is 4.79 Å². The fourth-order valence-electron chi connectivity index (χ4n) is 2.59. The number of carbonyl (C=O) groups is 1. The Morgan fingerprint density at radius 1 is 0.950 bits per heavy atom. The zero-order valence-electron chi connectivity index (χ0n) is 11.3. The van der Waals surface area contributed by atoms with Crippen LogP contribution in [0.15, 0.2) is 59.7 Å². The first kappa shape index (κ1) is 12.6. The molecule has 0 fully saturated rings. The molecule has 1 aliphatic rings. The van der Waals surface area contributed by atoms with Crippen LogP contribution in [-0.4, -0.2) is 12.1 Å². The minimum atomic E-state index is -0.226. The van der Waals surface area contributed by atoms with Gasteiger partial charge in [-0.25, -0.2) is 5.43 Å². The van der Waals surface area contributed by atoms with Crippen LogP contribution in [0.2, 0.25) is 0 Å². The molecule has 100 valence electrons. The molecule has 1 N–H and O–H groups in total. The first-order valence-corrected chi connectivity index (χ1v) is 6.70. The van der Waals surface area contributed by atoms with E-state index in [2.05, 4.69) is 10.5 Å². The summed E-state index contributed by atoms with van der Waals surface area (Å²) in [6.45, 7) is 2.04. The highest BCUT2D eigenvalue weighted by atomic mass is 16.2. The highest BCUT2D eigenvalue weighted by molar-refractivity contribution is 5.92. The lowest BCUT2D eigenvalue weighted by Crippen LogP contribution is -2.34. The van der Waals surface area contributed by atoms with E-state index in [4.69, 9.17) is 0 Å². The van der Waals surface area contributed by atoms with E-state index in [1.54, 1.807) is 0 Å². The van der Waals surface area contributed by atoms with Gasteiger partial charge in [0.15, 0.2) is 0 Å². The molecular formula is C17H16N2O. The number of hydrogen-bond acceptors (Lipinski definition) is 2. The molecule has 3 heteroatoms. The monoisotopic (exact) mass is 264 g/mol. The van der Waals surface area contributed by atoms with Crippen molar-refractivity contribution in [2.45, 2.75) is 18.8 Å². The number of hydrazone groups is 1. The number of nitrogens with zero attached hydrogens (tertiary/aromatic N) is 1. The van der Waals surface area contributed by atoms with Gasteiger partial charge in [0.25, 0.3) is 0 Å². The van der Waals surface area contributed by atoms with Crippen LogP contribution < -0.4 is 5.43 Å². The molecule has 2 aromatic carbocycles. The minimum absolute atomic E-state index is 0.0207. The maximum absolute atomic E-state index is 12.2. The van der Waals surface area contributed by atoms with Crippen molar-refractivity contribution in [2.24, 2.45) is 5.10 Å². The molecule has 0 saturated heterocycles. The number of amides is 1. The summed E-state index contributed by atoms with van der Waals surface area (Å²) in [5, 5.41) is 3.98. The summed E-state index contributed by atoms with van der Waals surface area (Å²) in [7, 11) is 0. The molecule has 1 aliphatic heterocycles. The quantitative estimate of drug-likeness (QED) is 0.890. The van der Waals surface area contributed by atoms with Crippen molar-refractivity contribution < 1.29 is 4.79 Å². The molecule has 20 heavy (non-hydrogen) atoms. The lowest BCUT2D eigenvalue weighted by molar-refractivity contribution is -0.123. The van der Waals surface area contributed by atoms with Crippen LogP contribution >= 0.6 is 0 Å². The van der Waals surface area contributed by atoms with Crippen molar-refractivity contribution in [3.8, 4) is 0 Å². The SMILES string of the molecule is Cc1ccc(C2C(=O)NN=CC2c2ccccc2)cc1. The van der Waals surface area contributed by atoms with Crippen molar-refractivity contribution in [3.63, 3.8) is 0 Å². The summed E-state index contributed by atoms with van der Waals surface area (Å²) in [6, 6.07) is 18.2. The van der Waals surface area contributed by atoms with Gasteiger partial charge in [-0.3, -0.25) is 4.79 Å². The fraction of sp³-hybridized carbons (Fsp3) is 0.176. The van der Waals surface area contributed by atoms with E-state index in [1.807, 2.05) is 67.7 Å². The molecule has 0 radical (unpaired) electrons. The second-order valence-corrected chi connectivity index (χ2v) is 5.08. The van der Waals surface area contributed by atoms with Crippen LogP contribution in [0.1, 0.15) is 28.5 Å². The lowest BCUT2D eigenvalue weighted by Gasteiger charge is -2.26. The van der Waals surface area contributed by atoms with Crippen molar-refractivity contribution in [3.05, 3.63) is 71.3 Å². The molecule has 1 amide bonds.